The highest BCUT2D eigenvalue weighted by molar-refractivity contribution is 14.0. The summed E-state index contributed by atoms with van der Waals surface area (Å²) in [6, 6.07) is 0. The molecule has 0 bridgehead atoms. The van der Waals surface area contributed by atoms with Crippen molar-refractivity contribution in [3.63, 3.8) is 0 Å². The highest BCUT2D eigenvalue weighted by Gasteiger charge is 2.31. The molecule has 0 aromatic carbocycles. The van der Waals surface area contributed by atoms with Gasteiger partial charge in [0.1, 0.15) is 6.10 Å². The van der Waals surface area contributed by atoms with Crippen LogP contribution in [0.3, 0.4) is 0 Å². The van der Waals surface area contributed by atoms with Gasteiger partial charge in [-0.2, -0.15) is 0 Å². The second-order valence-corrected chi connectivity index (χ2v) is 6.81. The third kappa shape index (κ3) is 4.97. The van der Waals surface area contributed by atoms with Gasteiger partial charge in [0.25, 0.3) is 5.91 Å². The number of halogens is 1. The Bertz CT molecular complexity index is 428. The predicted molar refractivity (Wildman–Crippen MR) is 106 cm³/mol. The first-order chi connectivity index (χ1) is 11.3. The van der Waals surface area contributed by atoms with Crippen molar-refractivity contribution in [2.75, 3.05) is 45.9 Å². The van der Waals surface area contributed by atoms with Gasteiger partial charge in [-0.15, -0.1) is 24.0 Å². The van der Waals surface area contributed by atoms with Crippen LogP contribution in [0.15, 0.2) is 4.99 Å². The van der Waals surface area contributed by atoms with Crippen molar-refractivity contribution in [2.45, 2.75) is 45.1 Å². The number of ether oxygens (including phenoxy) is 1. The maximum Gasteiger partial charge on any atom is 0.251 e. The molecule has 0 radical (unpaired) electrons. The number of hydrogen-bond acceptors (Lipinski definition) is 3. The molecule has 1 atom stereocenters. The number of nitrogens with zero attached hydrogens (tertiary/aromatic N) is 3. The van der Waals surface area contributed by atoms with E-state index in [9.17, 15) is 4.79 Å². The fourth-order valence-electron chi connectivity index (χ4n) is 3.43. The third-order valence-corrected chi connectivity index (χ3v) is 5.15. The molecule has 1 unspecified atom stereocenters. The lowest BCUT2D eigenvalue weighted by Gasteiger charge is -2.37. The lowest BCUT2D eigenvalue weighted by Crippen LogP contribution is -2.55. The van der Waals surface area contributed by atoms with Crippen molar-refractivity contribution in [3.8, 4) is 0 Å². The van der Waals surface area contributed by atoms with Gasteiger partial charge in [0.05, 0.1) is 0 Å². The maximum absolute atomic E-state index is 12.4. The zero-order chi connectivity index (χ0) is 16.1. The Morgan fingerprint density at radius 2 is 1.83 bits per heavy atom. The first-order valence-electron chi connectivity index (χ1n) is 9.21. The maximum atomic E-state index is 12.4. The summed E-state index contributed by atoms with van der Waals surface area (Å²) in [6.45, 7) is 7.92. The molecule has 2 aliphatic heterocycles. The van der Waals surface area contributed by atoms with Crippen molar-refractivity contribution in [2.24, 2.45) is 10.9 Å². The molecule has 0 aromatic rings. The van der Waals surface area contributed by atoms with Gasteiger partial charge in [0.2, 0.25) is 0 Å². The van der Waals surface area contributed by atoms with Crippen molar-refractivity contribution >= 4 is 35.8 Å². The first kappa shape index (κ1) is 19.8. The highest BCUT2D eigenvalue weighted by atomic mass is 127. The third-order valence-electron chi connectivity index (χ3n) is 5.15. The van der Waals surface area contributed by atoms with E-state index in [1.54, 1.807) is 0 Å². The molecule has 1 N–H and O–H groups in total. The summed E-state index contributed by atoms with van der Waals surface area (Å²) in [5.74, 6) is 1.98. The van der Waals surface area contributed by atoms with Gasteiger partial charge in [-0.1, -0.05) is 6.42 Å². The molecular formula is C17H31IN4O2. The Morgan fingerprint density at radius 3 is 2.38 bits per heavy atom. The van der Waals surface area contributed by atoms with Gasteiger partial charge in [-0.05, 0) is 38.5 Å². The molecule has 3 fully saturated rings. The number of carbonyl (C=O) groups excluding carboxylic acids is 1. The molecule has 1 saturated carbocycles. The molecule has 0 spiro atoms. The minimum Gasteiger partial charge on any atom is -0.368 e. The van der Waals surface area contributed by atoms with E-state index < -0.39 is 0 Å². The summed E-state index contributed by atoms with van der Waals surface area (Å²) in [7, 11) is 0. The average Bonchev–Trinajstić information content (AvgIpc) is 3.06. The van der Waals surface area contributed by atoms with Gasteiger partial charge in [-0.25, -0.2) is 0 Å². The topological polar surface area (TPSA) is 57.2 Å². The molecule has 3 rings (SSSR count). The molecular weight excluding hydrogens is 419 g/mol. The lowest BCUT2D eigenvalue weighted by molar-refractivity contribution is -0.142. The molecule has 1 amide bonds. The molecule has 2 heterocycles. The van der Waals surface area contributed by atoms with Gasteiger partial charge in [-0.3, -0.25) is 9.79 Å². The molecule has 2 saturated heterocycles. The zero-order valence-corrected chi connectivity index (χ0v) is 17.0. The molecule has 7 heteroatoms. The van der Waals surface area contributed by atoms with E-state index >= 15 is 0 Å². The SMILES string of the molecule is CCNC(=NCC1CCC1)N1CCN(C(=O)C2CCCO2)CC1.I. The van der Waals surface area contributed by atoms with E-state index in [4.69, 9.17) is 9.73 Å². The standard InChI is InChI=1S/C17H30N4O2.HI/c1-2-18-17(19-13-14-5-3-6-14)21-10-8-20(9-11-21)16(22)15-7-4-12-23-15;/h14-15H,2-13H2,1H3,(H,18,19);1H. The Hall–Kier alpha value is -0.570. The van der Waals surface area contributed by atoms with Crippen LogP contribution in [-0.4, -0.2) is 73.6 Å². The first-order valence-corrected chi connectivity index (χ1v) is 9.21. The molecule has 138 valence electrons. The molecule has 6 nitrogen and oxygen atoms in total. The number of hydrogen-bond donors (Lipinski definition) is 1. The Morgan fingerprint density at radius 1 is 1.12 bits per heavy atom. The van der Waals surface area contributed by atoms with Crippen LogP contribution in [0.4, 0.5) is 0 Å². The highest BCUT2D eigenvalue weighted by Crippen LogP contribution is 2.26. The summed E-state index contributed by atoms with van der Waals surface area (Å²) in [5.41, 5.74) is 0. The van der Waals surface area contributed by atoms with E-state index in [0.29, 0.717) is 0 Å². The van der Waals surface area contributed by atoms with Gasteiger partial charge < -0.3 is 19.9 Å². The molecule has 24 heavy (non-hydrogen) atoms. The number of piperazine rings is 1. The van der Waals surface area contributed by atoms with Crippen molar-refractivity contribution < 1.29 is 9.53 Å². The van der Waals surface area contributed by atoms with E-state index in [2.05, 4.69) is 17.1 Å². The normalized spacial score (nSPS) is 25.2. The Labute approximate surface area is 162 Å². The zero-order valence-electron chi connectivity index (χ0n) is 14.7. The van der Waals surface area contributed by atoms with Crippen molar-refractivity contribution in [1.82, 2.24) is 15.1 Å². The second-order valence-electron chi connectivity index (χ2n) is 6.81. The average molecular weight is 450 g/mol. The minimum absolute atomic E-state index is 0. The van der Waals surface area contributed by atoms with Gasteiger partial charge >= 0.3 is 0 Å². The molecule has 1 aliphatic carbocycles. The minimum atomic E-state index is -0.193. The number of nitrogens with one attached hydrogen (secondary N) is 1. The van der Waals surface area contributed by atoms with Crippen LogP contribution in [0.2, 0.25) is 0 Å². The van der Waals surface area contributed by atoms with E-state index in [-0.39, 0.29) is 36.0 Å². The number of carbonyl (C=O) groups is 1. The van der Waals surface area contributed by atoms with E-state index in [0.717, 1.165) is 70.6 Å². The lowest BCUT2D eigenvalue weighted by atomic mass is 9.86. The summed E-state index contributed by atoms with van der Waals surface area (Å²) >= 11 is 0. The van der Waals surface area contributed by atoms with Crippen LogP contribution in [0.5, 0.6) is 0 Å². The summed E-state index contributed by atoms with van der Waals surface area (Å²) in [5, 5.41) is 3.40. The number of amides is 1. The fraction of sp³-hybridized carbons (Fsp3) is 0.882. The van der Waals surface area contributed by atoms with E-state index in [1.807, 2.05) is 4.90 Å². The Balaban J connectivity index is 0.00000208. The summed E-state index contributed by atoms with van der Waals surface area (Å²) < 4.78 is 5.52. The quantitative estimate of drug-likeness (QED) is 0.403. The number of guanidine groups is 1. The fourth-order valence-corrected chi connectivity index (χ4v) is 3.43. The second kappa shape index (κ2) is 9.79. The van der Waals surface area contributed by atoms with Crippen LogP contribution in [0, 0.1) is 5.92 Å². The summed E-state index contributed by atoms with van der Waals surface area (Å²) in [4.78, 5) is 21.5. The van der Waals surface area contributed by atoms with Crippen LogP contribution in [-0.2, 0) is 9.53 Å². The predicted octanol–water partition coefficient (Wildman–Crippen LogP) is 1.69. The van der Waals surface area contributed by atoms with Crippen LogP contribution in [0.1, 0.15) is 39.0 Å². The van der Waals surface area contributed by atoms with Crippen LogP contribution < -0.4 is 5.32 Å². The van der Waals surface area contributed by atoms with Crippen LogP contribution in [0.25, 0.3) is 0 Å². The number of rotatable bonds is 4. The monoisotopic (exact) mass is 450 g/mol. The molecule has 3 aliphatic rings. The van der Waals surface area contributed by atoms with Gasteiger partial charge in [0.15, 0.2) is 5.96 Å². The van der Waals surface area contributed by atoms with Crippen LogP contribution >= 0.6 is 24.0 Å². The van der Waals surface area contributed by atoms with Gasteiger partial charge in [0, 0.05) is 45.9 Å². The van der Waals surface area contributed by atoms with E-state index in [1.165, 1.54) is 19.3 Å². The Kier molecular flexibility index (Phi) is 8.06. The smallest absolute Gasteiger partial charge is 0.251 e. The molecule has 0 aromatic heterocycles. The largest absolute Gasteiger partial charge is 0.368 e. The van der Waals surface area contributed by atoms with Crippen molar-refractivity contribution in [1.29, 1.82) is 0 Å². The number of aliphatic imine (C=N–C) groups is 1. The van der Waals surface area contributed by atoms with Crippen molar-refractivity contribution in [3.05, 3.63) is 0 Å². The summed E-state index contributed by atoms with van der Waals surface area (Å²) in [6.07, 6.45) is 5.71.